The summed E-state index contributed by atoms with van der Waals surface area (Å²) in [5.41, 5.74) is 1.33. The number of pyridine rings is 1. The first-order valence-corrected chi connectivity index (χ1v) is 11.5. The second-order valence-electron chi connectivity index (χ2n) is 7.85. The lowest BCUT2D eigenvalue weighted by atomic mass is 10.1. The number of esters is 1. The Kier molecular flexibility index (Phi) is 6.82. The van der Waals surface area contributed by atoms with E-state index >= 15 is 0 Å². The minimum Gasteiger partial charge on any atom is -0.459 e. The maximum atomic E-state index is 12.4. The summed E-state index contributed by atoms with van der Waals surface area (Å²) < 4.78 is 10.3. The number of benzene rings is 1. The number of amides is 1. The minimum atomic E-state index is -0.440. The number of aromatic nitrogens is 4. The van der Waals surface area contributed by atoms with E-state index in [2.05, 4.69) is 30.7 Å². The van der Waals surface area contributed by atoms with Crippen molar-refractivity contribution in [2.45, 2.75) is 40.2 Å². The molecule has 34 heavy (non-hydrogen) atoms. The largest absolute Gasteiger partial charge is 0.459 e. The number of hydrogen-bond donors (Lipinski definition) is 2. The molecule has 0 radical (unpaired) electrons. The van der Waals surface area contributed by atoms with Gasteiger partial charge in [0.15, 0.2) is 5.13 Å². The lowest BCUT2D eigenvalue weighted by Crippen LogP contribution is -2.16. The van der Waals surface area contributed by atoms with Crippen molar-refractivity contribution in [1.82, 2.24) is 20.1 Å². The van der Waals surface area contributed by atoms with Crippen LogP contribution in [0.3, 0.4) is 0 Å². The molecule has 0 aliphatic heterocycles. The molecule has 4 rings (SSSR count). The lowest BCUT2D eigenvalue weighted by molar-refractivity contribution is -0.115. The Morgan fingerprint density at radius 3 is 2.74 bits per heavy atom. The standard InChI is InChI=1S/C23H24N6O4S/c1-12(2)32-22(31)19-13(3)26-23(34-19)28-18(30)8-10-25-21-17-11-16(20-27-14(4)33-29-20)6-5-15(17)7-9-24-21/h5-7,9,11-12H,8,10H2,1-4H3,(H,24,25)(H,26,28,30). The highest BCUT2D eigenvalue weighted by atomic mass is 32.1. The number of fused-ring (bicyclic) bond motifs is 1. The maximum absolute atomic E-state index is 12.4. The van der Waals surface area contributed by atoms with Crippen molar-refractivity contribution in [3.8, 4) is 11.4 Å². The summed E-state index contributed by atoms with van der Waals surface area (Å²) in [6.07, 6.45) is 1.67. The van der Waals surface area contributed by atoms with Crippen molar-refractivity contribution in [2.75, 3.05) is 17.2 Å². The molecule has 4 aromatic rings. The van der Waals surface area contributed by atoms with Crippen LogP contribution in [0.1, 0.15) is 41.5 Å². The zero-order chi connectivity index (χ0) is 24.2. The molecule has 0 unspecified atom stereocenters. The smallest absolute Gasteiger partial charge is 0.350 e. The molecule has 10 nitrogen and oxygen atoms in total. The monoisotopic (exact) mass is 480 g/mol. The fourth-order valence-corrected chi connectivity index (χ4v) is 4.11. The predicted octanol–water partition coefficient (Wildman–Crippen LogP) is 4.36. The van der Waals surface area contributed by atoms with Crippen LogP contribution in [0.2, 0.25) is 0 Å². The van der Waals surface area contributed by atoms with Crippen molar-refractivity contribution in [3.05, 3.63) is 46.9 Å². The lowest BCUT2D eigenvalue weighted by Gasteiger charge is -2.09. The van der Waals surface area contributed by atoms with Gasteiger partial charge in [-0.05, 0) is 38.3 Å². The van der Waals surface area contributed by atoms with Crippen LogP contribution in [0.5, 0.6) is 0 Å². The molecule has 1 aromatic carbocycles. The predicted molar refractivity (Wildman–Crippen MR) is 129 cm³/mol. The van der Waals surface area contributed by atoms with Crippen LogP contribution in [0.4, 0.5) is 10.9 Å². The van der Waals surface area contributed by atoms with E-state index in [-0.39, 0.29) is 18.4 Å². The van der Waals surface area contributed by atoms with Gasteiger partial charge in [-0.25, -0.2) is 14.8 Å². The Morgan fingerprint density at radius 2 is 2.00 bits per heavy atom. The van der Waals surface area contributed by atoms with Gasteiger partial charge in [-0.1, -0.05) is 28.6 Å². The van der Waals surface area contributed by atoms with Crippen molar-refractivity contribution in [2.24, 2.45) is 0 Å². The first-order valence-electron chi connectivity index (χ1n) is 10.7. The van der Waals surface area contributed by atoms with Gasteiger partial charge in [0.05, 0.1) is 11.8 Å². The Hall–Kier alpha value is -3.86. The Morgan fingerprint density at radius 1 is 1.18 bits per heavy atom. The number of anilines is 2. The number of aryl methyl sites for hydroxylation is 2. The molecule has 3 heterocycles. The number of rotatable bonds is 8. The van der Waals surface area contributed by atoms with Gasteiger partial charge in [-0.2, -0.15) is 4.98 Å². The summed E-state index contributed by atoms with van der Waals surface area (Å²) in [4.78, 5) is 37.9. The van der Waals surface area contributed by atoms with E-state index in [1.54, 1.807) is 33.9 Å². The summed E-state index contributed by atoms with van der Waals surface area (Å²) in [5.74, 6) is 0.975. The highest BCUT2D eigenvalue weighted by molar-refractivity contribution is 7.17. The van der Waals surface area contributed by atoms with Crippen LogP contribution in [-0.4, -0.2) is 44.6 Å². The molecule has 2 N–H and O–H groups in total. The van der Waals surface area contributed by atoms with Crippen LogP contribution >= 0.6 is 11.3 Å². The Balaban J connectivity index is 1.39. The minimum absolute atomic E-state index is 0.187. The second kappa shape index (κ2) is 9.96. The molecule has 0 atom stereocenters. The zero-order valence-corrected chi connectivity index (χ0v) is 20.0. The Bertz CT molecular complexity index is 1350. The third kappa shape index (κ3) is 5.37. The molecule has 0 aliphatic rings. The third-order valence-corrected chi connectivity index (χ3v) is 5.82. The van der Waals surface area contributed by atoms with Crippen molar-refractivity contribution >= 4 is 44.9 Å². The summed E-state index contributed by atoms with van der Waals surface area (Å²) in [6.45, 7) is 7.36. The molecule has 11 heteroatoms. The number of nitrogens with one attached hydrogen (secondary N) is 2. The van der Waals surface area contributed by atoms with E-state index in [0.29, 0.717) is 39.8 Å². The number of ether oxygens (including phenoxy) is 1. The van der Waals surface area contributed by atoms with Crippen molar-refractivity contribution in [3.63, 3.8) is 0 Å². The quantitative estimate of drug-likeness (QED) is 0.353. The topological polar surface area (TPSA) is 132 Å². The SMILES string of the molecule is Cc1nc(-c2ccc3ccnc(NCCC(=O)Nc4nc(C)c(C(=O)OC(C)C)s4)c3c2)no1. The number of carbonyl (C=O) groups excluding carboxylic acids is 2. The summed E-state index contributed by atoms with van der Waals surface area (Å²) in [5, 5.41) is 12.2. The highest BCUT2D eigenvalue weighted by Gasteiger charge is 2.19. The fraction of sp³-hybridized carbons (Fsp3) is 0.304. The van der Waals surface area contributed by atoms with Gasteiger partial charge in [-0.15, -0.1) is 0 Å². The number of hydrogen-bond acceptors (Lipinski definition) is 10. The maximum Gasteiger partial charge on any atom is 0.350 e. The normalized spacial score (nSPS) is 11.1. The molecule has 3 aromatic heterocycles. The molecular formula is C23H24N6O4S. The van der Waals surface area contributed by atoms with Gasteiger partial charge in [0.25, 0.3) is 0 Å². The average molecular weight is 481 g/mol. The van der Waals surface area contributed by atoms with Gasteiger partial charge in [-0.3, -0.25) is 4.79 Å². The fourth-order valence-electron chi connectivity index (χ4n) is 3.25. The number of carbonyl (C=O) groups is 2. The van der Waals surface area contributed by atoms with Crippen molar-refractivity contribution < 1.29 is 18.8 Å². The summed E-state index contributed by atoms with van der Waals surface area (Å²) >= 11 is 1.10. The molecule has 0 saturated heterocycles. The summed E-state index contributed by atoms with van der Waals surface area (Å²) in [7, 11) is 0. The van der Waals surface area contributed by atoms with Crippen LogP contribution in [-0.2, 0) is 9.53 Å². The van der Waals surface area contributed by atoms with Crippen molar-refractivity contribution in [1.29, 1.82) is 0 Å². The molecule has 0 fully saturated rings. The van der Waals surface area contributed by atoms with Crippen LogP contribution in [0, 0.1) is 13.8 Å². The molecule has 0 aliphatic carbocycles. The second-order valence-corrected chi connectivity index (χ2v) is 8.84. The molecule has 0 spiro atoms. The van der Waals surface area contributed by atoms with E-state index in [1.165, 1.54) is 0 Å². The van der Waals surface area contributed by atoms with Crippen LogP contribution in [0.15, 0.2) is 35.0 Å². The third-order valence-electron chi connectivity index (χ3n) is 4.77. The number of thiazole rings is 1. The van der Waals surface area contributed by atoms with Gasteiger partial charge in [0.2, 0.25) is 17.6 Å². The molecule has 176 valence electrons. The molecule has 1 amide bonds. The molecular weight excluding hydrogens is 456 g/mol. The van der Waals surface area contributed by atoms with Crippen LogP contribution < -0.4 is 10.6 Å². The van der Waals surface area contributed by atoms with E-state index in [0.717, 1.165) is 27.7 Å². The van der Waals surface area contributed by atoms with Gasteiger partial charge in [0, 0.05) is 37.0 Å². The highest BCUT2D eigenvalue weighted by Crippen LogP contribution is 2.27. The van der Waals surface area contributed by atoms with E-state index in [1.807, 2.05) is 24.3 Å². The average Bonchev–Trinajstić information content (AvgIpc) is 3.38. The number of nitrogens with zero attached hydrogens (tertiary/aromatic N) is 4. The van der Waals surface area contributed by atoms with Gasteiger partial charge >= 0.3 is 5.97 Å². The summed E-state index contributed by atoms with van der Waals surface area (Å²) in [6, 6.07) is 7.73. The van der Waals surface area contributed by atoms with E-state index in [9.17, 15) is 9.59 Å². The first kappa shape index (κ1) is 23.3. The molecule has 0 saturated carbocycles. The van der Waals surface area contributed by atoms with E-state index < -0.39 is 5.97 Å². The van der Waals surface area contributed by atoms with Crippen LogP contribution in [0.25, 0.3) is 22.2 Å². The first-order chi connectivity index (χ1) is 16.3. The molecule has 0 bridgehead atoms. The van der Waals surface area contributed by atoms with Gasteiger partial charge in [0.1, 0.15) is 10.7 Å². The van der Waals surface area contributed by atoms with E-state index in [4.69, 9.17) is 9.26 Å². The zero-order valence-electron chi connectivity index (χ0n) is 19.2. The Labute approximate surface area is 199 Å². The van der Waals surface area contributed by atoms with Gasteiger partial charge < -0.3 is 19.9 Å².